The normalized spacial score (nSPS) is 21.5. The number of nitrogens with one attached hydrogen (secondary N) is 2. The first-order valence-corrected chi connectivity index (χ1v) is 7.90. The van der Waals surface area contributed by atoms with E-state index in [4.69, 9.17) is 0 Å². The number of rotatable bonds is 5. The monoisotopic (exact) mass is 276 g/mol. The molecule has 20 heavy (non-hydrogen) atoms. The predicted octanol–water partition coefficient (Wildman–Crippen LogP) is 3.85. The Bertz CT molecular complexity index is 442. The van der Waals surface area contributed by atoms with E-state index in [1.807, 2.05) is 0 Å². The van der Waals surface area contributed by atoms with Crippen LogP contribution in [0.3, 0.4) is 0 Å². The van der Waals surface area contributed by atoms with Crippen LogP contribution in [-0.4, -0.2) is 22.6 Å². The minimum atomic E-state index is 0.444. The van der Waals surface area contributed by atoms with Crippen LogP contribution in [0.25, 0.3) is 0 Å². The van der Waals surface area contributed by atoms with Crippen LogP contribution in [0.4, 0.5) is 11.6 Å². The van der Waals surface area contributed by atoms with Crippen LogP contribution in [0.1, 0.15) is 58.9 Å². The van der Waals surface area contributed by atoms with Gasteiger partial charge in [-0.1, -0.05) is 27.2 Å². The topological polar surface area (TPSA) is 49.8 Å². The van der Waals surface area contributed by atoms with Crippen molar-refractivity contribution in [2.75, 3.05) is 17.2 Å². The second-order valence-electron chi connectivity index (χ2n) is 6.54. The molecular formula is C16H28N4. The summed E-state index contributed by atoms with van der Waals surface area (Å²) in [6, 6.07) is 0.536. The molecule has 1 heterocycles. The zero-order valence-electron chi connectivity index (χ0n) is 13.3. The lowest BCUT2D eigenvalue weighted by Crippen LogP contribution is -2.32. The molecule has 1 aromatic rings. The molecule has 1 unspecified atom stereocenters. The summed E-state index contributed by atoms with van der Waals surface area (Å²) in [6.07, 6.45) is 7.70. The molecule has 4 nitrogen and oxygen atoms in total. The van der Waals surface area contributed by atoms with Crippen LogP contribution >= 0.6 is 0 Å². The summed E-state index contributed by atoms with van der Waals surface area (Å²) < 4.78 is 0. The highest BCUT2D eigenvalue weighted by Gasteiger charge is 2.28. The van der Waals surface area contributed by atoms with Gasteiger partial charge < -0.3 is 10.6 Å². The van der Waals surface area contributed by atoms with Crippen molar-refractivity contribution in [2.24, 2.45) is 5.41 Å². The molecule has 0 aliphatic heterocycles. The second-order valence-corrected chi connectivity index (χ2v) is 6.54. The van der Waals surface area contributed by atoms with Crippen LogP contribution in [0.15, 0.2) is 6.33 Å². The van der Waals surface area contributed by atoms with Crippen molar-refractivity contribution in [1.82, 2.24) is 9.97 Å². The molecule has 2 N–H and O–H groups in total. The molecular weight excluding hydrogens is 248 g/mol. The van der Waals surface area contributed by atoms with Gasteiger partial charge in [0.25, 0.3) is 0 Å². The Morgan fingerprint density at radius 3 is 2.65 bits per heavy atom. The van der Waals surface area contributed by atoms with E-state index < -0.39 is 0 Å². The van der Waals surface area contributed by atoms with Crippen molar-refractivity contribution >= 4 is 11.6 Å². The molecule has 1 aliphatic carbocycles. The highest BCUT2D eigenvalue weighted by Crippen LogP contribution is 2.36. The highest BCUT2D eigenvalue weighted by molar-refractivity contribution is 5.57. The van der Waals surface area contributed by atoms with Crippen molar-refractivity contribution in [3.8, 4) is 0 Å². The third-order valence-corrected chi connectivity index (χ3v) is 4.19. The van der Waals surface area contributed by atoms with E-state index in [1.165, 1.54) is 31.2 Å². The van der Waals surface area contributed by atoms with Crippen LogP contribution in [0, 0.1) is 5.41 Å². The lowest BCUT2D eigenvalue weighted by molar-refractivity contribution is 0.229. The summed E-state index contributed by atoms with van der Waals surface area (Å²) >= 11 is 0. The number of hydrogen-bond acceptors (Lipinski definition) is 4. The molecule has 1 atom stereocenters. The van der Waals surface area contributed by atoms with Gasteiger partial charge in [0.05, 0.1) is 0 Å². The van der Waals surface area contributed by atoms with Gasteiger partial charge in [0.2, 0.25) is 0 Å². The highest BCUT2D eigenvalue weighted by atomic mass is 15.1. The van der Waals surface area contributed by atoms with Gasteiger partial charge in [-0.15, -0.1) is 0 Å². The van der Waals surface area contributed by atoms with Gasteiger partial charge in [0.1, 0.15) is 18.0 Å². The van der Waals surface area contributed by atoms with Crippen molar-refractivity contribution in [3.05, 3.63) is 11.9 Å². The molecule has 1 aromatic heterocycles. The SMILES string of the molecule is CCNc1ncnc(NC2CCCC(C)(C)C2)c1CC. The third-order valence-electron chi connectivity index (χ3n) is 4.19. The van der Waals surface area contributed by atoms with E-state index in [1.54, 1.807) is 6.33 Å². The second kappa shape index (κ2) is 6.42. The first-order valence-electron chi connectivity index (χ1n) is 7.90. The van der Waals surface area contributed by atoms with Gasteiger partial charge in [-0.2, -0.15) is 0 Å². The predicted molar refractivity (Wildman–Crippen MR) is 85.2 cm³/mol. The summed E-state index contributed by atoms with van der Waals surface area (Å²) in [7, 11) is 0. The van der Waals surface area contributed by atoms with E-state index in [9.17, 15) is 0 Å². The molecule has 1 fully saturated rings. The number of hydrogen-bond donors (Lipinski definition) is 2. The lowest BCUT2D eigenvalue weighted by atomic mass is 9.75. The maximum absolute atomic E-state index is 4.47. The molecule has 2 rings (SSSR count). The van der Waals surface area contributed by atoms with Crippen molar-refractivity contribution < 1.29 is 0 Å². The molecule has 1 aliphatic rings. The quantitative estimate of drug-likeness (QED) is 0.857. The number of anilines is 2. The molecule has 112 valence electrons. The standard InChI is InChI=1S/C16H28N4/c1-5-13-14(17-6-2)18-11-19-15(13)20-12-8-7-9-16(3,4)10-12/h11-12H,5-10H2,1-4H3,(H2,17,18,19,20). The van der Waals surface area contributed by atoms with Gasteiger partial charge in [-0.25, -0.2) is 9.97 Å². The van der Waals surface area contributed by atoms with Gasteiger partial charge in [0.15, 0.2) is 0 Å². The van der Waals surface area contributed by atoms with Crippen molar-refractivity contribution in [3.63, 3.8) is 0 Å². The molecule has 0 aromatic carbocycles. The van der Waals surface area contributed by atoms with E-state index in [2.05, 4.69) is 48.3 Å². The van der Waals surface area contributed by atoms with Crippen molar-refractivity contribution in [1.29, 1.82) is 0 Å². The Morgan fingerprint density at radius 2 is 2.00 bits per heavy atom. The smallest absolute Gasteiger partial charge is 0.134 e. The summed E-state index contributed by atoms with van der Waals surface area (Å²) in [6.45, 7) is 9.88. The first kappa shape index (κ1) is 15.1. The average molecular weight is 276 g/mol. The molecule has 4 heteroatoms. The molecule has 0 radical (unpaired) electrons. The van der Waals surface area contributed by atoms with E-state index in [-0.39, 0.29) is 0 Å². The third kappa shape index (κ3) is 3.62. The van der Waals surface area contributed by atoms with Crippen molar-refractivity contribution in [2.45, 2.75) is 65.8 Å². The fourth-order valence-electron chi connectivity index (χ4n) is 3.21. The fraction of sp³-hybridized carbons (Fsp3) is 0.750. The van der Waals surface area contributed by atoms with E-state index >= 15 is 0 Å². The minimum absolute atomic E-state index is 0.444. The summed E-state index contributed by atoms with van der Waals surface area (Å²) in [5, 5.41) is 6.99. The largest absolute Gasteiger partial charge is 0.370 e. The van der Waals surface area contributed by atoms with E-state index in [0.29, 0.717) is 11.5 Å². The van der Waals surface area contributed by atoms with Crippen LogP contribution < -0.4 is 10.6 Å². The minimum Gasteiger partial charge on any atom is -0.370 e. The Morgan fingerprint density at radius 1 is 1.25 bits per heavy atom. The molecule has 1 saturated carbocycles. The van der Waals surface area contributed by atoms with Crippen LogP contribution in [0.2, 0.25) is 0 Å². The van der Waals surface area contributed by atoms with Gasteiger partial charge in [-0.3, -0.25) is 0 Å². The summed E-state index contributed by atoms with van der Waals surface area (Å²) in [4.78, 5) is 8.83. The van der Waals surface area contributed by atoms with E-state index in [0.717, 1.165) is 24.6 Å². The fourth-order valence-corrected chi connectivity index (χ4v) is 3.21. The average Bonchev–Trinajstić information content (AvgIpc) is 2.38. The Balaban J connectivity index is 2.14. The zero-order valence-corrected chi connectivity index (χ0v) is 13.3. The summed E-state index contributed by atoms with van der Waals surface area (Å²) in [5.41, 5.74) is 1.65. The van der Waals surface area contributed by atoms with Gasteiger partial charge >= 0.3 is 0 Å². The van der Waals surface area contributed by atoms with Crippen LogP contribution in [0.5, 0.6) is 0 Å². The summed E-state index contributed by atoms with van der Waals surface area (Å²) in [5.74, 6) is 1.99. The Labute approximate surface area is 122 Å². The zero-order chi connectivity index (χ0) is 14.6. The van der Waals surface area contributed by atoms with Crippen LogP contribution in [-0.2, 0) is 6.42 Å². The molecule has 0 bridgehead atoms. The number of nitrogens with zero attached hydrogens (tertiary/aromatic N) is 2. The molecule has 0 amide bonds. The van der Waals surface area contributed by atoms with Gasteiger partial charge in [0, 0.05) is 18.2 Å². The first-order chi connectivity index (χ1) is 9.55. The lowest BCUT2D eigenvalue weighted by Gasteiger charge is -2.36. The maximum Gasteiger partial charge on any atom is 0.134 e. The Hall–Kier alpha value is -1.32. The Kier molecular flexibility index (Phi) is 4.84. The molecule has 0 saturated heterocycles. The molecule has 0 spiro atoms. The maximum atomic E-state index is 4.47. The number of aromatic nitrogens is 2. The van der Waals surface area contributed by atoms with Gasteiger partial charge in [-0.05, 0) is 38.0 Å².